The van der Waals surface area contributed by atoms with Gasteiger partial charge in [-0.1, -0.05) is 26.0 Å². The number of benzene rings is 1. The standard InChI is InChI=1S/C24H36N4O2/c1-5-27(6-2)14-8-13-25-24(29)19-11-15-28(16-12-19)23-18(3)17-26-22-20(23)9-7-10-21(22)30-4/h7,9-10,17,19H,5-6,8,11-16H2,1-4H3,(H,25,29). The zero-order valence-electron chi connectivity index (χ0n) is 18.9. The number of carbonyl (C=O) groups is 1. The van der Waals surface area contributed by atoms with Gasteiger partial charge >= 0.3 is 0 Å². The molecule has 1 aliphatic heterocycles. The lowest BCUT2D eigenvalue weighted by atomic mass is 9.94. The highest BCUT2D eigenvalue weighted by Crippen LogP contribution is 2.35. The maximum Gasteiger partial charge on any atom is 0.223 e. The number of carbonyl (C=O) groups excluding carboxylic acids is 1. The van der Waals surface area contributed by atoms with Gasteiger partial charge in [0.1, 0.15) is 11.3 Å². The van der Waals surface area contributed by atoms with Crippen LogP contribution in [0.3, 0.4) is 0 Å². The smallest absolute Gasteiger partial charge is 0.223 e. The third-order valence-electron chi connectivity index (χ3n) is 6.26. The van der Waals surface area contributed by atoms with Gasteiger partial charge in [0.05, 0.1) is 12.8 Å². The van der Waals surface area contributed by atoms with Crippen LogP contribution in [0.1, 0.15) is 38.7 Å². The van der Waals surface area contributed by atoms with Crippen LogP contribution in [-0.4, -0.2) is 62.2 Å². The number of para-hydroxylation sites is 1. The Bertz CT molecular complexity index is 842. The van der Waals surface area contributed by atoms with E-state index in [9.17, 15) is 4.79 Å². The van der Waals surface area contributed by atoms with Crippen molar-refractivity contribution in [1.29, 1.82) is 0 Å². The Balaban J connectivity index is 1.58. The molecular formula is C24H36N4O2. The first-order valence-electron chi connectivity index (χ1n) is 11.3. The van der Waals surface area contributed by atoms with E-state index in [1.165, 1.54) is 5.69 Å². The summed E-state index contributed by atoms with van der Waals surface area (Å²) in [5.74, 6) is 1.12. The predicted octanol–water partition coefficient (Wildman–Crippen LogP) is 3.62. The van der Waals surface area contributed by atoms with Crippen molar-refractivity contribution in [3.8, 4) is 5.75 Å². The first-order valence-corrected chi connectivity index (χ1v) is 11.3. The molecule has 1 aromatic heterocycles. The number of hydrogen-bond donors (Lipinski definition) is 1. The molecular weight excluding hydrogens is 376 g/mol. The number of nitrogens with zero attached hydrogens (tertiary/aromatic N) is 3. The Morgan fingerprint density at radius 3 is 2.67 bits per heavy atom. The van der Waals surface area contributed by atoms with Gasteiger partial charge in [0.15, 0.2) is 0 Å². The summed E-state index contributed by atoms with van der Waals surface area (Å²) in [6, 6.07) is 6.08. The van der Waals surface area contributed by atoms with Crippen molar-refractivity contribution in [1.82, 2.24) is 15.2 Å². The summed E-state index contributed by atoms with van der Waals surface area (Å²) in [5.41, 5.74) is 3.28. The van der Waals surface area contributed by atoms with E-state index in [1.54, 1.807) is 7.11 Å². The van der Waals surface area contributed by atoms with E-state index < -0.39 is 0 Å². The Morgan fingerprint density at radius 1 is 1.27 bits per heavy atom. The van der Waals surface area contributed by atoms with Crippen molar-refractivity contribution < 1.29 is 9.53 Å². The van der Waals surface area contributed by atoms with Crippen LogP contribution in [0.2, 0.25) is 0 Å². The topological polar surface area (TPSA) is 57.7 Å². The second-order valence-corrected chi connectivity index (χ2v) is 8.08. The molecule has 0 saturated carbocycles. The van der Waals surface area contributed by atoms with Gasteiger partial charge in [0, 0.05) is 37.1 Å². The Hall–Kier alpha value is -2.34. The Labute approximate surface area is 180 Å². The van der Waals surface area contributed by atoms with Crippen LogP contribution >= 0.6 is 0 Å². The fourth-order valence-corrected chi connectivity index (χ4v) is 4.43. The van der Waals surface area contributed by atoms with Crippen molar-refractivity contribution in [3.63, 3.8) is 0 Å². The van der Waals surface area contributed by atoms with E-state index in [0.29, 0.717) is 0 Å². The second kappa shape index (κ2) is 10.6. The third kappa shape index (κ3) is 5.04. The van der Waals surface area contributed by atoms with Crippen molar-refractivity contribution >= 4 is 22.5 Å². The Kier molecular flexibility index (Phi) is 7.91. The molecule has 0 unspecified atom stereocenters. The van der Waals surface area contributed by atoms with Crippen LogP contribution < -0.4 is 15.0 Å². The van der Waals surface area contributed by atoms with Crippen molar-refractivity contribution in [2.75, 3.05) is 51.3 Å². The number of fused-ring (bicyclic) bond motifs is 1. The highest BCUT2D eigenvalue weighted by atomic mass is 16.5. The molecule has 0 radical (unpaired) electrons. The average molecular weight is 413 g/mol. The zero-order chi connectivity index (χ0) is 21.5. The predicted molar refractivity (Wildman–Crippen MR) is 123 cm³/mol. The van der Waals surface area contributed by atoms with E-state index in [-0.39, 0.29) is 11.8 Å². The van der Waals surface area contributed by atoms with E-state index in [0.717, 1.165) is 80.7 Å². The molecule has 30 heavy (non-hydrogen) atoms. The second-order valence-electron chi connectivity index (χ2n) is 8.08. The molecule has 3 rings (SSSR count). The van der Waals surface area contributed by atoms with E-state index >= 15 is 0 Å². The number of anilines is 1. The molecule has 1 aromatic carbocycles. The van der Waals surface area contributed by atoms with Gasteiger partial charge in [-0.15, -0.1) is 0 Å². The molecule has 1 aliphatic rings. The lowest BCUT2D eigenvalue weighted by Gasteiger charge is -2.34. The fourth-order valence-electron chi connectivity index (χ4n) is 4.43. The normalized spacial score (nSPS) is 15.0. The zero-order valence-corrected chi connectivity index (χ0v) is 18.9. The third-order valence-corrected chi connectivity index (χ3v) is 6.26. The van der Waals surface area contributed by atoms with E-state index in [2.05, 4.69) is 46.9 Å². The van der Waals surface area contributed by atoms with Gasteiger partial charge < -0.3 is 19.9 Å². The summed E-state index contributed by atoms with van der Waals surface area (Å²) < 4.78 is 5.50. The largest absolute Gasteiger partial charge is 0.494 e. The number of hydrogen-bond acceptors (Lipinski definition) is 5. The first kappa shape index (κ1) is 22.3. The molecule has 0 bridgehead atoms. The van der Waals surface area contributed by atoms with Crippen LogP contribution in [0.4, 0.5) is 5.69 Å². The van der Waals surface area contributed by atoms with Crippen LogP contribution in [-0.2, 0) is 4.79 Å². The van der Waals surface area contributed by atoms with Gasteiger partial charge in [-0.3, -0.25) is 9.78 Å². The van der Waals surface area contributed by atoms with Crippen LogP contribution in [0.25, 0.3) is 10.9 Å². The molecule has 2 heterocycles. The lowest BCUT2D eigenvalue weighted by Crippen LogP contribution is -2.41. The number of ether oxygens (including phenoxy) is 1. The van der Waals surface area contributed by atoms with Gasteiger partial charge in [0.25, 0.3) is 0 Å². The molecule has 0 atom stereocenters. The van der Waals surface area contributed by atoms with E-state index in [4.69, 9.17) is 4.74 Å². The molecule has 164 valence electrons. The number of pyridine rings is 1. The number of methoxy groups -OCH3 is 1. The summed E-state index contributed by atoms with van der Waals surface area (Å²) in [6.45, 7) is 12.2. The molecule has 1 N–H and O–H groups in total. The quantitative estimate of drug-likeness (QED) is 0.638. The SMILES string of the molecule is CCN(CC)CCCNC(=O)C1CCN(c2c(C)cnc3c(OC)cccc23)CC1. The van der Waals surface area contributed by atoms with Crippen molar-refractivity contribution in [2.45, 2.75) is 40.0 Å². The van der Waals surface area contributed by atoms with E-state index in [1.807, 2.05) is 18.3 Å². The maximum atomic E-state index is 12.6. The van der Waals surface area contributed by atoms with Crippen molar-refractivity contribution in [2.24, 2.45) is 5.92 Å². The van der Waals surface area contributed by atoms with Gasteiger partial charge in [0.2, 0.25) is 5.91 Å². The number of amides is 1. The number of rotatable bonds is 9. The van der Waals surface area contributed by atoms with Crippen LogP contribution in [0.15, 0.2) is 24.4 Å². The first-order chi connectivity index (χ1) is 14.6. The Morgan fingerprint density at radius 2 is 2.00 bits per heavy atom. The lowest BCUT2D eigenvalue weighted by molar-refractivity contribution is -0.125. The maximum absolute atomic E-state index is 12.6. The average Bonchev–Trinajstić information content (AvgIpc) is 2.78. The minimum absolute atomic E-state index is 0.109. The number of piperidine rings is 1. The molecule has 6 heteroatoms. The minimum atomic E-state index is 0.109. The highest BCUT2D eigenvalue weighted by Gasteiger charge is 2.26. The van der Waals surface area contributed by atoms with Crippen LogP contribution in [0.5, 0.6) is 5.75 Å². The number of aromatic nitrogens is 1. The summed E-state index contributed by atoms with van der Waals surface area (Å²) in [4.78, 5) is 22.0. The van der Waals surface area contributed by atoms with Crippen LogP contribution in [0, 0.1) is 12.8 Å². The molecule has 0 aliphatic carbocycles. The van der Waals surface area contributed by atoms with Gasteiger partial charge in [-0.05, 0) is 57.5 Å². The summed E-state index contributed by atoms with van der Waals surface area (Å²) in [6.07, 6.45) is 4.70. The number of nitrogens with one attached hydrogen (secondary N) is 1. The summed E-state index contributed by atoms with van der Waals surface area (Å²) in [5, 5.41) is 4.28. The molecule has 0 spiro atoms. The monoisotopic (exact) mass is 412 g/mol. The highest BCUT2D eigenvalue weighted by molar-refractivity contribution is 5.96. The summed E-state index contributed by atoms with van der Waals surface area (Å²) in [7, 11) is 1.68. The van der Waals surface area contributed by atoms with Crippen molar-refractivity contribution in [3.05, 3.63) is 30.0 Å². The van der Waals surface area contributed by atoms with Gasteiger partial charge in [-0.2, -0.15) is 0 Å². The molecule has 1 fully saturated rings. The fraction of sp³-hybridized carbons (Fsp3) is 0.583. The molecule has 6 nitrogen and oxygen atoms in total. The molecule has 1 amide bonds. The summed E-state index contributed by atoms with van der Waals surface area (Å²) >= 11 is 0. The minimum Gasteiger partial charge on any atom is -0.494 e. The molecule has 2 aromatic rings. The number of aryl methyl sites for hydroxylation is 1. The van der Waals surface area contributed by atoms with Gasteiger partial charge in [-0.25, -0.2) is 0 Å². The molecule has 1 saturated heterocycles.